The molecular weight excluding hydrogens is 140 g/mol. The molecule has 0 saturated carbocycles. The first-order valence-corrected chi connectivity index (χ1v) is 4.37. The maximum atomic E-state index is 5.48. The van der Waals surface area contributed by atoms with Gasteiger partial charge in [0.15, 0.2) is 0 Å². The van der Waals surface area contributed by atoms with Crippen LogP contribution >= 0.6 is 0 Å². The van der Waals surface area contributed by atoms with Crippen molar-refractivity contribution in [1.82, 2.24) is 0 Å². The van der Waals surface area contributed by atoms with Crippen LogP contribution in [0.3, 0.4) is 0 Å². The van der Waals surface area contributed by atoms with E-state index in [9.17, 15) is 0 Å². The first-order chi connectivity index (χ1) is 5.18. The first-order valence-electron chi connectivity index (χ1n) is 4.37. The van der Waals surface area contributed by atoms with Crippen LogP contribution in [0.4, 0.5) is 0 Å². The minimum atomic E-state index is 0.343. The predicted molar refractivity (Wildman–Crippen MR) is 46.7 cm³/mol. The molecule has 0 saturated heterocycles. The zero-order valence-corrected chi connectivity index (χ0v) is 8.09. The van der Waals surface area contributed by atoms with Crippen molar-refractivity contribution in [3.05, 3.63) is 0 Å². The van der Waals surface area contributed by atoms with E-state index in [4.69, 9.17) is 9.47 Å². The zero-order valence-electron chi connectivity index (χ0n) is 8.09. The Kier molecular flexibility index (Phi) is 6.57. The van der Waals surface area contributed by atoms with Gasteiger partial charge in [0, 0.05) is 6.61 Å². The molecule has 0 amide bonds. The van der Waals surface area contributed by atoms with Crippen molar-refractivity contribution in [2.24, 2.45) is 5.92 Å². The van der Waals surface area contributed by atoms with Gasteiger partial charge in [0.1, 0.15) is 0 Å². The van der Waals surface area contributed by atoms with Gasteiger partial charge in [-0.3, -0.25) is 0 Å². The molecule has 1 atom stereocenters. The van der Waals surface area contributed by atoms with Crippen LogP contribution in [0.15, 0.2) is 0 Å². The van der Waals surface area contributed by atoms with E-state index in [-0.39, 0.29) is 0 Å². The van der Waals surface area contributed by atoms with E-state index < -0.39 is 0 Å². The van der Waals surface area contributed by atoms with E-state index in [0.717, 1.165) is 6.61 Å². The minimum Gasteiger partial charge on any atom is -0.379 e. The lowest BCUT2D eigenvalue weighted by molar-refractivity contribution is -0.00354. The summed E-state index contributed by atoms with van der Waals surface area (Å²) in [7, 11) is 0. The van der Waals surface area contributed by atoms with E-state index in [1.54, 1.807) is 0 Å². The SMILES string of the molecule is CCOCCOC(C)C(C)C. The monoisotopic (exact) mass is 160 g/mol. The van der Waals surface area contributed by atoms with Gasteiger partial charge in [0.2, 0.25) is 0 Å². The Morgan fingerprint density at radius 1 is 1.09 bits per heavy atom. The van der Waals surface area contributed by atoms with Crippen LogP contribution < -0.4 is 0 Å². The summed E-state index contributed by atoms with van der Waals surface area (Å²) < 4.78 is 10.6. The van der Waals surface area contributed by atoms with Gasteiger partial charge in [-0.2, -0.15) is 0 Å². The van der Waals surface area contributed by atoms with Crippen LogP contribution in [0, 0.1) is 5.92 Å². The normalized spacial score (nSPS) is 13.9. The Bertz CT molecular complexity index is 81.6. The van der Waals surface area contributed by atoms with E-state index in [0.29, 0.717) is 25.2 Å². The fraction of sp³-hybridized carbons (Fsp3) is 1.00. The van der Waals surface area contributed by atoms with Gasteiger partial charge in [-0.05, 0) is 19.8 Å². The van der Waals surface area contributed by atoms with Crippen molar-refractivity contribution in [3.63, 3.8) is 0 Å². The molecule has 0 radical (unpaired) electrons. The second-order valence-corrected chi connectivity index (χ2v) is 3.02. The molecule has 0 fully saturated rings. The Morgan fingerprint density at radius 3 is 2.18 bits per heavy atom. The van der Waals surface area contributed by atoms with Crippen molar-refractivity contribution >= 4 is 0 Å². The van der Waals surface area contributed by atoms with E-state index in [1.807, 2.05) is 6.92 Å². The predicted octanol–water partition coefficient (Wildman–Crippen LogP) is 2.08. The molecule has 68 valence electrons. The largest absolute Gasteiger partial charge is 0.379 e. The zero-order chi connectivity index (χ0) is 8.69. The molecule has 0 aliphatic rings. The molecule has 0 aliphatic carbocycles. The van der Waals surface area contributed by atoms with Crippen molar-refractivity contribution in [3.8, 4) is 0 Å². The summed E-state index contributed by atoms with van der Waals surface area (Å²) >= 11 is 0. The highest BCUT2D eigenvalue weighted by Gasteiger charge is 2.05. The van der Waals surface area contributed by atoms with Crippen LogP contribution in [0.5, 0.6) is 0 Å². The minimum absolute atomic E-state index is 0.343. The summed E-state index contributed by atoms with van der Waals surface area (Å²) in [4.78, 5) is 0. The van der Waals surface area contributed by atoms with Crippen LogP contribution in [0.1, 0.15) is 27.7 Å². The summed E-state index contributed by atoms with van der Waals surface area (Å²) in [5, 5.41) is 0. The summed E-state index contributed by atoms with van der Waals surface area (Å²) in [6.45, 7) is 10.6. The number of hydrogen-bond acceptors (Lipinski definition) is 2. The third-order valence-electron chi connectivity index (χ3n) is 1.75. The molecule has 0 aliphatic heterocycles. The maximum Gasteiger partial charge on any atom is 0.0704 e. The Hall–Kier alpha value is -0.0800. The molecule has 0 aromatic heterocycles. The van der Waals surface area contributed by atoms with Crippen LogP contribution in [0.25, 0.3) is 0 Å². The molecule has 11 heavy (non-hydrogen) atoms. The van der Waals surface area contributed by atoms with Gasteiger partial charge in [0.05, 0.1) is 19.3 Å². The highest BCUT2D eigenvalue weighted by atomic mass is 16.5. The molecule has 0 aromatic carbocycles. The summed E-state index contributed by atoms with van der Waals surface area (Å²) in [5.41, 5.74) is 0. The van der Waals surface area contributed by atoms with Crippen LogP contribution in [-0.2, 0) is 9.47 Å². The second kappa shape index (κ2) is 6.62. The topological polar surface area (TPSA) is 18.5 Å². The number of hydrogen-bond donors (Lipinski definition) is 0. The molecule has 0 aromatic rings. The molecule has 2 heteroatoms. The number of rotatable bonds is 6. The lowest BCUT2D eigenvalue weighted by Gasteiger charge is -2.16. The second-order valence-electron chi connectivity index (χ2n) is 3.02. The molecule has 0 bridgehead atoms. The van der Waals surface area contributed by atoms with Crippen molar-refractivity contribution in [2.75, 3.05) is 19.8 Å². The lowest BCUT2D eigenvalue weighted by atomic mass is 10.1. The van der Waals surface area contributed by atoms with Gasteiger partial charge in [0.25, 0.3) is 0 Å². The van der Waals surface area contributed by atoms with Crippen LogP contribution in [-0.4, -0.2) is 25.9 Å². The van der Waals surface area contributed by atoms with Crippen molar-refractivity contribution < 1.29 is 9.47 Å². The summed E-state index contributed by atoms with van der Waals surface area (Å²) in [6, 6.07) is 0. The Labute approximate surface area is 69.9 Å². The highest BCUT2D eigenvalue weighted by Crippen LogP contribution is 2.04. The third kappa shape index (κ3) is 6.32. The summed E-state index contributed by atoms with van der Waals surface area (Å²) in [6.07, 6.45) is 0.343. The van der Waals surface area contributed by atoms with Gasteiger partial charge in [-0.1, -0.05) is 13.8 Å². The fourth-order valence-corrected chi connectivity index (χ4v) is 0.630. The maximum absolute atomic E-state index is 5.48. The van der Waals surface area contributed by atoms with Gasteiger partial charge < -0.3 is 9.47 Å². The summed E-state index contributed by atoms with van der Waals surface area (Å²) in [5.74, 6) is 0.594. The molecule has 0 heterocycles. The third-order valence-corrected chi connectivity index (χ3v) is 1.75. The first kappa shape index (κ1) is 10.9. The molecule has 0 N–H and O–H groups in total. The van der Waals surface area contributed by atoms with Crippen molar-refractivity contribution in [2.45, 2.75) is 33.8 Å². The van der Waals surface area contributed by atoms with E-state index in [1.165, 1.54) is 0 Å². The Balaban J connectivity index is 3.10. The smallest absolute Gasteiger partial charge is 0.0704 e. The van der Waals surface area contributed by atoms with Gasteiger partial charge in [-0.25, -0.2) is 0 Å². The highest BCUT2D eigenvalue weighted by molar-refractivity contribution is 4.53. The van der Waals surface area contributed by atoms with E-state index in [2.05, 4.69) is 20.8 Å². The van der Waals surface area contributed by atoms with Gasteiger partial charge in [-0.15, -0.1) is 0 Å². The lowest BCUT2D eigenvalue weighted by Crippen LogP contribution is -2.18. The Morgan fingerprint density at radius 2 is 1.73 bits per heavy atom. The molecular formula is C9H20O2. The van der Waals surface area contributed by atoms with Crippen LogP contribution in [0.2, 0.25) is 0 Å². The van der Waals surface area contributed by atoms with Crippen molar-refractivity contribution in [1.29, 1.82) is 0 Å². The average molecular weight is 160 g/mol. The molecule has 0 spiro atoms. The molecule has 1 unspecified atom stereocenters. The number of ether oxygens (including phenoxy) is 2. The molecule has 2 nitrogen and oxygen atoms in total. The standard InChI is InChI=1S/C9H20O2/c1-5-10-6-7-11-9(4)8(2)3/h8-9H,5-7H2,1-4H3. The average Bonchev–Trinajstić information content (AvgIpc) is 1.97. The quantitative estimate of drug-likeness (QED) is 0.554. The fourth-order valence-electron chi connectivity index (χ4n) is 0.630. The molecule has 0 rings (SSSR count). The van der Waals surface area contributed by atoms with Gasteiger partial charge >= 0.3 is 0 Å². The van der Waals surface area contributed by atoms with E-state index >= 15 is 0 Å².